The second kappa shape index (κ2) is 3.53. The van der Waals surface area contributed by atoms with Crippen molar-refractivity contribution < 1.29 is 10.0 Å². The minimum Gasteiger partial charge on any atom is -0.502 e. The van der Waals surface area contributed by atoms with Crippen LogP contribution in [0.25, 0.3) is 0 Å². The third kappa shape index (κ3) is 1.56. The molecule has 0 saturated heterocycles. The lowest BCUT2D eigenvalue weighted by Crippen LogP contribution is -2.06. The van der Waals surface area contributed by atoms with Gasteiger partial charge in [-0.15, -0.1) is 0 Å². The maximum Gasteiger partial charge on any atom is 0.311 e. The zero-order valence-corrected chi connectivity index (χ0v) is 8.62. The van der Waals surface area contributed by atoms with E-state index in [1.165, 1.54) is 6.07 Å². The Kier molecular flexibility index (Phi) is 2.34. The van der Waals surface area contributed by atoms with Crippen molar-refractivity contribution in [3.8, 4) is 5.75 Å². The number of fused-ring (bicyclic) bond motifs is 1. The molecule has 0 heterocycles. The molecule has 0 unspecified atom stereocenters. The largest absolute Gasteiger partial charge is 0.502 e. The van der Waals surface area contributed by atoms with Crippen molar-refractivity contribution in [1.82, 2.24) is 0 Å². The molecule has 0 saturated carbocycles. The number of rotatable bonds is 1. The normalized spacial score (nSPS) is 14.7. The van der Waals surface area contributed by atoms with Gasteiger partial charge in [-0.05, 0) is 43.7 Å². The monoisotopic (exact) mass is 207 g/mol. The maximum absolute atomic E-state index is 10.7. The minimum absolute atomic E-state index is 0.159. The number of hydrogen-bond donors (Lipinski definition) is 1. The highest BCUT2D eigenvalue weighted by atomic mass is 16.6. The number of phenols is 1. The molecule has 1 aromatic carbocycles. The second-order valence-corrected chi connectivity index (χ2v) is 3.97. The second-order valence-electron chi connectivity index (χ2n) is 3.97. The summed E-state index contributed by atoms with van der Waals surface area (Å²) in [5, 5.41) is 20.4. The van der Waals surface area contributed by atoms with Gasteiger partial charge < -0.3 is 5.11 Å². The number of aromatic hydroxyl groups is 1. The highest BCUT2D eigenvalue weighted by molar-refractivity contribution is 5.57. The van der Waals surface area contributed by atoms with E-state index < -0.39 is 4.92 Å². The van der Waals surface area contributed by atoms with Crippen LogP contribution < -0.4 is 0 Å². The van der Waals surface area contributed by atoms with Crippen molar-refractivity contribution in [3.63, 3.8) is 0 Å². The molecule has 0 spiro atoms. The molecule has 0 fully saturated rings. The fourth-order valence-corrected chi connectivity index (χ4v) is 2.22. The Labute approximate surface area is 87.7 Å². The summed E-state index contributed by atoms with van der Waals surface area (Å²) >= 11 is 0. The molecule has 0 bridgehead atoms. The van der Waals surface area contributed by atoms with Crippen molar-refractivity contribution in [3.05, 3.63) is 32.9 Å². The number of nitrogens with zero attached hydrogens (tertiary/aromatic N) is 1. The van der Waals surface area contributed by atoms with Crippen molar-refractivity contribution in [1.29, 1.82) is 0 Å². The first-order chi connectivity index (χ1) is 7.11. The summed E-state index contributed by atoms with van der Waals surface area (Å²) < 4.78 is 0. The van der Waals surface area contributed by atoms with Crippen LogP contribution in [0.1, 0.15) is 29.5 Å². The Balaban J connectivity index is 2.63. The predicted octanol–water partition coefficient (Wildman–Crippen LogP) is 2.49. The molecule has 1 N–H and O–H groups in total. The van der Waals surface area contributed by atoms with Gasteiger partial charge in [0.15, 0.2) is 5.75 Å². The van der Waals surface area contributed by atoms with Crippen LogP contribution in [0.5, 0.6) is 5.75 Å². The molecule has 1 aromatic rings. The zero-order valence-electron chi connectivity index (χ0n) is 8.62. The van der Waals surface area contributed by atoms with Crippen LogP contribution in [0.2, 0.25) is 0 Å². The van der Waals surface area contributed by atoms with Crippen molar-refractivity contribution in [2.75, 3.05) is 0 Å². The quantitative estimate of drug-likeness (QED) is 0.568. The number of hydrogen-bond acceptors (Lipinski definition) is 3. The molecule has 0 aromatic heterocycles. The van der Waals surface area contributed by atoms with Gasteiger partial charge in [0.2, 0.25) is 0 Å². The van der Waals surface area contributed by atoms with Crippen LogP contribution in [-0.2, 0) is 12.8 Å². The summed E-state index contributed by atoms with van der Waals surface area (Å²) in [7, 11) is 0. The SMILES string of the molecule is Cc1c(O)c([N+](=O)[O-])cc2c1CCCC2. The molecule has 0 amide bonds. The van der Waals surface area contributed by atoms with Gasteiger partial charge in [-0.2, -0.15) is 0 Å². The molecule has 1 aliphatic rings. The molecule has 4 heteroatoms. The van der Waals surface area contributed by atoms with Crippen LogP contribution in [0.15, 0.2) is 6.07 Å². The average Bonchev–Trinajstić information content (AvgIpc) is 2.23. The number of benzene rings is 1. The summed E-state index contributed by atoms with van der Waals surface area (Å²) in [5.74, 6) is -0.166. The third-order valence-electron chi connectivity index (χ3n) is 3.07. The molecule has 4 nitrogen and oxygen atoms in total. The fourth-order valence-electron chi connectivity index (χ4n) is 2.22. The highest BCUT2D eigenvalue weighted by Gasteiger charge is 2.22. The lowest BCUT2D eigenvalue weighted by Gasteiger charge is -2.18. The summed E-state index contributed by atoms with van der Waals surface area (Å²) in [5.41, 5.74) is 2.65. The summed E-state index contributed by atoms with van der Waals surface area (Å²) in [6, 6.07) is 1.52. The smallest absolute Gasteiger partial charge is 0.311 e. The molecule has 1 aliphatic carbocycles. The van der Waals surface area contributed by atoms with Gasteiger partial charge in [-0.1, -0.05) is 0 Å². The van der Waals surface area contributed by atoms with Gasteiger partial charge in [-0.25, -0.2) is 0 Å². The Morgan fingerprint density at radius 2 is 2.07 bits per heavy atom. The molecular formula is C11H13NO3. The van der Waals surface area contributed by atoms with Crippen LogP contribution in [0, 0.1) is 17.0 Å². The topological polar surface area (TPSA) is 63.4 Å². The Morgan fingerprint density at radius 3 is 2.73 bits per heavy atom. The van der Waals surface area contributed by atoms with Gasteiger partial charge in [0.25, 0.3) is 0 Å². The molecular weight excluding hydrogens is 194 g/mol. The number of nitro groups is 1. The molecule has 0 aliphatic heterocycles. The molecule has 0 atom stereocenters. The van der Waals surface area contributed by atoms with Crippen LogP contribution in [-0.4, -0.2) is 10.0 Å². The van der Waals surface area contributed by atoms with Gasteiger partial charge in [0.1, 0.15) is 0 Å². The van der Waals surface area contributed by atoms with Gasteiger partial charge in [-0.3, -0.25) is 10.1 Å². The summed E-state index contributed by atoms with van der Waals surface area (Å²) in [6.45, 7) is 1.76. The number of phenolic OH excluding ortho intramolecular Hbond substituents is 1. The fraction of sp³-hybridized carbons (Fsp3) is 0.455. The van der Waals surface area contributed by atoms with Gasteiger partial charge >= 0.3 is 5.69 Å². The third-order valence-corrected chi connectivity index (χ3v) is 3.07. The van der Waals surface area contributed by atoms with Gasteiger partial charge in [0, 0.05) is 11.6 Å². The van der Waals surface area contributed by atoms with Crippen LogP contribution in [0.3, 0.4) is 0 Å². The minimum atomic E-state index is -0.517. The first-order valence-electron chi connectivity index (χ1n) is 5.10. The predicted molar refractivity (Wildman–Crippen MR) is 56.1 cm³/mol. The molecule has 80 valence electrons. The van der Waals surface area contributed by atoms with E-state index in [4.69, 9.17) is 0 Å². The number of aryl methyl sites for hydroxylation is 1. The lowest BCUT2D eigenvalue weighted by molar-refractivity contribution is -0.386. The molecule has 2 rings (SSSR count). The van der Waals surface area contributed by atoms with E-state index >= 15 is 0 Å². The summed E-state index contributed by atoms with van der Waals surface area (Å²) in [6.07, 6.45) is 3.99. The van der Waals surface area contributed by atoms with E-state index in [1.807, 2.05) is 0 Å². The zero-order chi connectivity index (χ0) is 11.0. The van der Waals surface area contributed by atoms with E-state index in [0.29, 0.717) is 5.56 Å². The molecule has 15 heavy (non-hydrogen) atoms. The van der Waals surface area contributed by atoms with Crippen LogP contribution in [0.4, 0.5) is 5.69 Å². The van der Waals surface area contributed by atoms with E-state index in [-0.39, 0.29) is 11.4 Å². The Morgan fingerprint density at radius 1 is 1.40 bits per heavy atom. The molecule has 0 radical (unpaired) electrons. The van der Waals surface area contributed by atoms with E-state index in [1.54, 1.807) is 6.92 Å². The van der Waals surface area contributed by atoms with Crippen molar-refractivity contribution in [2.24, 2.45) is 0 Å². The standard InChI is InChI=1S/C11H13NO3/c1-7-9-5-3-2-4-8(9)6-10(11(7)13)12(14)15/h6,13H,2-5H2,1H3. The number of nitro benzene ring substituents is 1. The summed E-state index contributed by atoms with van der Waals surface area (Å²) in [4.78, 5) is 10.2. The first kappa shape index (κ1) is 9.96. The van der Waals surface area contributed by atoms with E-state index in [2.05, 4.69) is 0 Å². The Hall–Kier alpha value is -1.58. The van der Waals surface area contributed by atoms with Crippen LogP contribution >= 0.6 is 0 Å². The van der Waals surface area contributed by atoms with E-state index in [9.17, 15) is 15.2 Å². The van der Waals surface area contributed by atoms with Crippen molar-refractivity contribution in [2.45, 2.75) is 32.6 Å². The van der Waals surface area contributed by atoms with Gasteiger partial charge in [0.05, 0.1) is 4.92 Å². The highest BCUT2D eigenvalue weighted by Crippen LogP contribution is 2.37. The lowest BCUT2D eigenvalue weighted by atomic mass is 9.87. The Bertz CT molecular complexity index is 426. The van der Waals surface area contributed by atoms with E-state index in [0.717, 1.165) is 36.8 Å². The van der Waals surface area contributed by atoms with Crippen molar-refractivity contribution >= 4 is 5.69 Å². The average molecular weight is 207 g/mol. The first-order valence-corrected chi connectivity index (χ1v) is 5.10. The maximum atomic E-state index is 10.7.